The van der Waals surface area contributed by atoms with Crippen LogP contribution in [0.2, 0.25) is 0 Å². The molecule has 0 saturated carbocycles. The Morgan fingerprint density at radius 1 is 1.30 bits per heavy atom. The van der Waals surface area contributed by atoms with Gasteiger partial charge >= 0.3 is 0 Å². The Kier molecular flexibility index (Phi) is 1.63. The number of rotatable bonds is 0. The first kappa shape index (κ1) is 7.08. The van der Waals surface area contributed by atoms with Gasteiger partial charge in [-0.1, -0.05) is 0 Å². The van der Waals surface area contributed by atoms with Crippen LogP contribution >= 0.6 is 12.6 Å². The first-order chi connectivity index (χ1) is 4.63. The van der Waals surface area contributed by atoms with Crippen molar-refractivity contribution in [3.63, 3.8) is 0 Å². The van der Waals surface area contributed by atoms with Crippen molar-refractivity contribution in [1.82, 2.24) is 0 Å². The number of anilines is 2. The van der Waals surface area contributed by atoms with Crippen LogP contribution in [-0.4, -0.2) is 5.11 Å². The normalized spacial score (nSPS) is 9.70. The van der Waals surface area contributed by atoms with Gasteiger partial charge in [-0.15, -0.1) is 12.6 Å². The van der Waals surface area contributed by atoms with Gasteiger partial charge < -0.3 is 16.6 Å². The number of nitrogens with two attached hydrogens (primary N) is 2. The summed E-state index contributed by atoms with van der Waals surface area (Å²) in [5.74, 6) is -0.0903. The van der Waals surface area contributed by atoms with Crippen molar-refractivity contribution in [2.24, 2.45) is 0 Å². The molecule has 0 amide bonds. The minimum atomic E-state index is -0.0903. The number of phenolic OH excluding ortho intramolecular Hbond substituents is 1. The SMILES string of the molecule is Nc1ccc(S)c(N)c1O. The van der Waals surface area contributed by atoms with Gasteiger partial charge in [0.05, 0.1) is 11.4 Å². The largest absolute Gasteiger partial charge is 0.504 e. The van der Waals surface area contributed by atoms with Crippen molar-refractivity contribution < 1.29 is 5.11 Å². The Balaban J connectivity index is 3.34. The molecule has 0 spiro atoms. The minimum Gasteiger partial charge on any atom is -0.504 e. The topological polar surface area (TPSA) is 72.3 Å². The summed E-state index contributed by atoms with van der Waals surface area (Å²) in [4.78, 5) is 0.534. The van der Waals surface area contributed by atoms with E-state index in [0.717, 1.165) is 0 Å². The fourth-order valence-electron chi connectivity index (χ4n) is 0.614. The molecular formula is C6H8N2OS. The lowest BCUT2D eigenvalue weighted by Crippen LogP contribution is -1.92. The molecular weight excluding hydrogens is 148 g/mol. The number of thiol groups is 1. The predicted octanol–water partition coefficient (Wildman–Crippen LogP) is 0.845. The van der Waals surface area contributed by atoms with Crippen molar-refractivity contribution in [2.75, 3.05) is 11.5 Å². The lowest BCUT2D eigenvalue weighted by molar-refractivity contribution is 0.479. The molecule has 0 saturated heterocycles. The van der Waals surface area contributed by atoms with Gasteiger partial charge in [-0.05, 0) is 12.1 Å². The average Bonchev–Trinajstić information content (AvgIpc) is 1.93. The second-order valence-electron chi connectivity index (χ2n) is 1.94. The van der Waals surface area contributed by atoms with E-state index in [1.165, 1.54) is 0 Å². The molecule has 0 bridgehead atoms. The minimum absolute atomic E-state index is 0.0903. The molecule has 10 heavy (non-hydrogen) atoms. The molecule has 0 radical (unpaired) electrons. The summed E-state index contributed by atoms with van der Waals surface area (Å²) in [6.45, 7) is 0. The van der Waals surface area contributed by atoms with E-state index in [1.54, 1.807) is 12.1 Å². The molecule has 3 nitrogen and oxygen atoms in total. The van der Waals surface area contributed by atoms with Crippen LogP contribution < -0.4 is 11.5 Å². The quantitative estimate of drug-likeness (QED) is 0.255. The molecule has 0 aliphatic heterocycles. The highest BCUT2D eigenvalue weighted by atomic mass is 32.1. The van der Waals surface area contributed by atoms with Crippen LogP contribution in [-0.2, 0) is 0 Å². The van der Waals surface area contributed by atoms with Crippen LogP contribution in [0.3, 0.4) is 0 Å². The van der Waals surface area contributed by atoms with Crippen LogP contribution in [0.4, 0.5) is 11.4 Å². The average molecular weight is 156 g/mol. The Bertz CT molecular complexity index is 235. The number of benzene rings is 1. The molecule has 0 fully saturated rings. The smallest absolute Gasteiger partial charge is 0.162 e. The van der Waals surface area contributed by atoms with E-state index in [1.807, 2.05) is 0 Å². The molecule has 1 aromatic carbocycles. The predicted molar refractivity (Wildman–Crippen MR) is 44.2 cm³/mol. The van der Waals surface area contributed by atoms with E-state index in [9.17, 15) is 0 Å². The van der Waals surface area contributed by atoms with E-state index in [4.69, 9.17) is 16.6 Å². The standard InChI is InChI=1S/C6H8N2OS/c7-3-1-2-4(10)5(8)6(3)9/h1-2,9-10H,7-8H2. The second-order valence-corrected chi connectivity index (χ2v) is 2.42. The fraction of sp³-hybridized carbons (Fsp3) is 0. The summed E-state index contributed by atoms with van der Waals surface area (Å²) in [5.41, 5.74) is 11.2. The lowest BCUT2D eigenvalue weighted by atomic mass is 10.2. The van der Waals surface area contributed by atoms with Crippen LogP contribution in [0.5, 0.6) is 5.75 Å². The molecule has 0 aliphatic carbocycles. The highest BCUT2D eigenvalue weighted by Crippen LogP contribution is 2.31. The third kappa shape index (κ3) is 0.974. The van der Waals surface area contributed by atoms with E-state index in [-0.39, 0.29) is 17.1 Å². The van der Waals surface area contributed by atoms with Gasteiger partial charge in [0.2, 0.25) is 0 Å². The summed E-state index contributed by atoms with van der Waals surface area (Å²) < 4.78 is 0. The maximum Gasteiger partial charge on any atom is 0.162 e. The van der Waals surface area contributed by atoms with Crippen LogP contribution in [0, 0.1) is 0 Å². The maximum absolute atomic E-state index is 9.09. The maximum atomic E-state index is 9.09. The van der Waals surface area contributed by atoms with Gasteiger partial charge in [0, 0.05) is 4.90 Å². The van der Waals surface area contributed by atoms with E-state index < -0.39 is 0 Å². The van der Waals surface area contributed by atoms with Crippen molar-refractivity contribution in [3.8, 4) is 5.75 Å². The first-order valence-electron chi connectivity index (χ1n) is 2.69. The van der Waals surface area contributed by atoms with E-state index in [0.29, 0.717) is 4.90 Å². The fourth-order valence-corrected chi connectivity index (χ4v) is 0.795. The molecule has 1 aromatic rings. The Morgan fingerprint density at radius 3 is 2.40 bits per heavy atom. The number of aromatic hydroxyl groups is 1. The molecule has 4 heteroatoms. The first-order valence-corrected chi connectivity index (χ1v) is 3.13. The molecule has 54 valence electrons. The number of hydrogen-bond acceptors (Lipinski definition) is 4. The molecule has 1 rings (SSSR count). The van der Waals surface area contributed by atoms with Crippen LogP contribution in [0.15, 0.2) is 17.0 Å². The van der Waals surface area contributed by atoms with Crippen molar-refractivity contribution in [2.45, 2.75) is 4.90 Å². The summed E-state index contributed by atoms with van der Waals surface area (Å²) in [7, 11) is 0. The van der Waals surface area contributed by atoms with Gasteiger partial charge in [0.1, 0.15) is 0 Å². The Morgan fingerprint density at radius 2 is 1.90 bits per heavy atom. The molecule has 0 heterocycles. The zero-order valence-electron chi connectivity index (χ0n) is 5.20. The number of hydrogen-bond donors (Lipinski definition) is 4. The van der Waals surface area contributed by atoms with Crippen molar-refractivity contribution in [1.29, 1.82) is 0 Å². The molecule has 5 N–H and O–H groups in total. The van der Waals surface area contributed by atoms with Gasteiger partial charge in [-0.3, -0.25) is 0 Å². The second kappa shape index (κ2) is 2.30. The highest BCUT2D eigenvalue weighted by Gasteiger charge is 2.03. The summed E-state index contributed by atoms with van der Waals surface area (Å²) in [6, 6.07) is 3.18. The molecule has 0 aromatic heterocycles. The van der Waals surface area contributed by atoms with Gasteiger partial charge in [-0.25, -0.2) is 0 Å². The summed E-state index contributed by atoms with van der Waals surface area (Å²) in [5, 5.41) is 9.09. The monoisotopic (exact) mass is 156 g/mol. The highest BCUT2D eigenvalue weighted by molar-refractivity contribution is 7.80. The van der Waals surface area contributed by atoms with Crippen LogP contribution in [0.1, 0.15) is 0 Å². The number of nitrogen functional groups attached to an aromatic ring is 2. The van der Waals surface area contributed by atoms with E-state index >= 15 is 0 Å². The zero-order valence-corrected chi connectivity index (χ0v) is 6.10. The summed E-state index contributed by atoms with van der Waals surface area (Å²) in [6.07, 6.45) is 0. The van der Waals surface area contributed by atoms with Crippen LogP contribution in [0.25, 0.3) is 0 Å². The Hall–Kier alpha value is -1.03. The third-order valence-corrected chi connectivity index (χ3v) is 1.62. The van der Waals surface area contributed by atoms with Gasteiger partial charge in [-0.2, -0.15) is 0 Å². The van der Waals surface area contributed by atoms with Crippen molar-refractivity contribution >= 4 is 24.0 Å². The number of phenols is 1. The van der Waals surface area contributed by atoms with Gasteiger partial charge in [0.15, 0.2) is 5.75 Å². The molecule has 0 unspecified atom stereocenters. The Labute approximate surface area is 64.1 Å². The lowest BCUT2D eigenvalue weighted by Gasteiger charge is -2.03. The summed E-state index contributed by atoms with van der Waals surface area (Å²) >= 11 is 3.97. The third-order valence-electron chi connectivity index (χ3n) is 1.23. The molecule has 0 atom stereocenters. The van der Waals surface area contributed by atoms with E-state index in [2.05, 4.69) is 12.6 Å². The van der Waals surface area contributed by atoms with Crippen molar-refractivity contribution in [3.05, 3.63) is 12.1 Å². The molecule has 0 aliphatic rings. The van der Waals surface area contributed by atoms with Gasteiger partial charge in [0.25, 0.3) is 0 Å². The zero-order chi connectivity index (χ0) is 7.72.